The van der Waals surface area contributed by atoms with Gasteiger partial charge in [-0.3, -0.25) is 9.78 Å². The number of carbonyl (C=O) groups is 1. The molecule has 0 saturated carbocycles. The van der Waals surface area contributed by atoms with Crippen LogP contribution in [0.1, 0.15) is 47.6 Å². The number of aryl methyl sites for hydroxylation is 1. The zero-order valence-corrected chi connectivity index (χ0v) is 23.6. The first-order valence-electron chi connectivity index (χ1n) is 12.5. The Hall–Kier alpha value is -4.24. The standard InChI is InChI=1S/C25H26N10O3S2/c1-13-12-39-24(30-13)18-5-4-16(9-27-18)17-10-29-35-22(26)21(40(3,37)38)20(31-23(17)35)15-6-7-34(14(2)8-15)25(36)19-11-28-33-32-19/h4-5,9-12,14-15H,6-8,26H2,1-3H3,(H,28,32,33). The van der Waals surface area contributed by atoms with Crippen LogP contribution in [-0.4, -0.2) is 78.0 Å². The molecule has 2 atom stereocenters. The second-order valence-corrected chi connectivity index (χ2v) is 12.7. The van der Waals surface area contributed by atoms with Crippen LogP contribution in [0.25, 0.3) is 27.5 Å². The van der Waals surface area contributed by atoms with Crippen molar-refractivity contribution in [1.82, 2.24) is 44.9 Å². The van der Waals surface area contributed by atoms with Crippen molar-refractivity contribution >= 4 is 38.5 Å². The second-order valence-electron chi connectivity index (χ2n) is 9.93. The minimum Gasteiger partial charge on any atom is -0.382 e. The van der Waals surface area contributed by atoms with Crippen molar-refractivity contribution in [3.63, 3.8) is 0 Å². The number of aromatic nitrogens is 8. The van der Waals surface area contributed by atoms with Gasteiger partial charge < -0.3 is 10.6 Å². The molecule has 1 aliphatic rings. The van der Waals surface area contributed by atoms with Gasteiger partial charge in [-0.15, -0.1) is 11.3 Å². The van der Waals surface area contributed by atoms with Gasteiger partial charge in [-0.1, -0.05) is 6.07 Å². The van der Waals surface area contributed by atoms with Crippen LogP contribution < -0.4 is 5.73 Å². The third-order valence-electron chi connectivity index (χ3n) is 7.10. The lowest BCUT2D eigenvalue weighted by Crippen LogP contribution is -2.44. The van der Waals surface area contributed by atoms with E-state index < -0.39 is 9.84 Å². The zero-order valence-electron chi connectivity index (χ0n) is 21.9. The number of amides is 1. The van der Waals surface area contributed by atoms with Gasteiger partial charge in [-0.05, 0) is 32.8 Å². The number of rotatable bonds is 5. The molecule has 3 N–H and O–H groups in total. The predicted octanol–water partition coefficient (Wildman–Crippen LogP) is 2.74. The summed E-state index contributed by atoms with van der Waals surface area (Å²) < 4.78 is 27.3. The number of nitrogen functional groups attached to an aromatic ring is 1. The summed E-state index contributed by atoms with van der Waals surface area (Å²) >= 11 is 1.52. The highest BCUT2D eigenvalue weighted by Crippen LogP contribution is 2.38. The van der Waals surface area contributed by atoms with Crippen LogP contribution in [0.5, 0.6) is 0 Å². The maximum atomic E-state index is 13.0. The van der Waals surface area contributed by atoms with Gasteiger partial charge in [-0.2, -0.15) is 25.0 Å². The summed E-state index contributed by atoms with van der Waals surface area (Å²) in [6.45, 7) is 4.26. The van der Waals surface area contributed by atoms with Crippen LogP contribution in [0.15, 0.2) is 41.0 Å². The van der Waals surface area contributed by atoms with Crippen LogP contribution in [0, 0.1) is 6.92 Å². The smallest absolute Gasteiger partial charge is 0.276 e. The molecule has 0 radical (unpaired) electrons. The number of likely N-dealkylation sites (tertiary alicyclic amines) is 1. The van der Waals surface area contributed by atoms with Crippen molar-refractivity contribution in [3.8, 4) is 21.8 Å². The number of nitrogens with one attached hydrogen (secondary N) is 1. The predicted molar refractivity (Wildman–Crippen MR) is 148 cm³/mol. The Morgan fingerprint density at radius 3 is 2.65 bits per heavy atom. The Balaban J connectivity index is 1.39. The second kappa shape index (κ2) is 9.75. The van der Waals surface area contributed by atoms with Crippen LogP contribution in [0.2, 0.25) is 0 Å². The fraction of sp³-hybridized carbons (Fsp3) is 0.320. The molecule has 40 heavy (non-hydrogen) atoms. The molecular formula is C25H26N10O3S2. The molecule has 1 amide bonds. The molecule has 6 rings (SSSR count). The van der Waals surface area contributed by atoms with Crippen molar-refractivity contribution in [2.24, 2.45) is 0 Å². The van der Waals surface area contributed by atoms with E-state index in [9.17, 15) is 13.2 Å². The quantitative estimate of drug-likeness (QED) is 0.315. The molecule has 1 saturated heterocycles. The van der Waals surface area contributed by atoms with Crippen molar-refractivity contribution in [2.45, 2.75) is 43.5 Å². The third-order valence-corrected chi connectivity index (χ3v) is 9.25. The number of aromatic amines is 1. The van der Waals surface area contributed by atoms with Crippen LogP contribution in [-0.2, 0) is 9.84 Å². The monoisotopic (exact) mass is 578 g/mol. The summed E-state index contributed by atoms with van der Waals surface area (Å²) in [6.07, 6.45) is 6.85. The number of nitrogens with zero attached hydrogens (tertiary/aromatic N) is 8. The van der Waals surface area contributed by atoms with Gasteiger partial charge in [0.1, 0.15) is 15.7 Å². The van der Waals surface area contributed by atoms with Crippen molar-refractivity contribution < 1.29 is 13.2 Å². The molecule has 0 spiro atoms. The highest BCUT2D eigenvalue weighted by Gasteiger charge is 2.35. The largest absolute Gasteiger partial charge is 0.382 e. The van der Waals surface area contributed by atoms with Gasteiger partial charge in [0, 0.05) is 53.2 Å². The van der Waals surface area contributed by atoms with Crippen molar-refractivity contribution in [2.75, 3.05) is 18.5 Å². The molecule has 15 heteroatoms. The van der Waals surface area contributed by atoms with E-state index in [2.05, 4.69) is 30.5 Å². The lowest BCUT2D eigenvalue weighted by molar-refractivity contribution is 0.0607. The molecule has 2 unspecified atom stereocenters. The number of pyridine rings is 1. The molecule has 13 nitrogen and oxygen atoms in total. The number of H-pyrrole nitrogens is 1. The highest BCUT2D eigenvalue weighted by atomic mass is 32.2. The average Bonchev–Trinajstić information content (AvgIpc) is 3.69. The molecule has 0 bridgehead atoms. The lowest BCUT2D eigenvalue weighted by Gasteiger charge is -2.37. The number of hydrogen-bond donors (Lipinski definition) is 2. The summed E-state index contributed by atoms with van der Waals surface area (Å²) in [4.78, 5) is 28.5. The number of fused-ring (bicyclic) bond motifs is 1. The Labute approximate surface area is 233 Å². The van der Waals surface area contributed by atoms with E-state index in [0.29, 0.717) is 36.3 Å². The normalized spacial score (nSPS) is 17.9. The fourth-order valence-electron chi connectivity index (χ4n) is 5.20. The van der Waals surface area contributed by atoms with E-state index in [1.54, 1.807) is 17.3 Å². The summed E-state index contributed by atoms with van der Waals surface area (Å²) in [5.41, 5.74) is 10.6. The molecule has 206 valence electrons. The number of sulfone groups is 1. The van der Waals surface area contributed by atoms with Crippen LogP contribution in [0.4, 0.5) is 5.82 Å². The van der Waals surface area contributed by atoms with Gasteiger partial charge in [-0.25, -0.2) is 18.4 Å². The maximum Gasteiger partial charge on any atom is 0.276 e. The van der Waals surface area contributed by atoms with Crippen LogP contribution in [0.3, 0.4) is 0 Å². The van der Waals surface area contributed by atoms with Crippen molar-refractivity contribution in [1.29, 1.82) is 0 Å². The minimum absolute atomic E-state index is 0.00495. The topological polar surface area (TPSA) is 178 Å². The van der Waals surface area contributed by atoms with E-state index in [1.807, 2.05) is 31.4 Å². The summed E-state index contributed by atoms with van der Waals surface area (Å²) in [5.74, 6) is -0.469. The summed E-state index contributed by atoms with van der Waals surface area (Å²) in [7, 11) is -3.75. The Bertz CT molecular complexity index is 1830. The molecule has 1 fully saturated rings. The van der Waals surface area contributed by atoms with Crippen LogP contribution >= 0.6 is 11.3 Å². The SMILES string of the molecule is Cc1csc(-c2ccc(-c3cnn4c(N)c(S(C)(=O)=O)c(C5CCN(C(=O)c6cn[nH]n6)C(C)C5)nc34)cn2)n1. The maximum absolute atomic E-state index is 13.0. The average molecular weight is 579 g/mol. The number of nitrogens with two attached hydrogens (primary N) is 1. The van der Waals surface area contributed by atoms with Crippen molar-refractivity contribution in [3.05, 3.63) is 53.2 Å². The Morgan fingerprint density at radius 1 is 1.20 bits per heavy atom. The number of thiazole rings is 1. The molecule has 6 heterocycles. The summed E-state index contributed by atoms with van der Waals surface area (Å²) in [5, 5.41) is 17.3. The van der Waals surface area contributed by atoms with E-state index in [0.717, 1.165) is 28.2 Å². The molecule has 0 aromatic carbocycles. The minimum atomic E-state index is -3.75. The first-order chi connectivity index (χ1) is 19.1. The van der Waals surface area contributed by atoms with Gasteiger partial charge >= 0.3 is 0 Å². The van der Waals surface area contributed by atoms with E-state index >= 15 is 0 Å². The highest BCUT2D eigenvalue weighted by molar-refractivity contribution is 7.91. The molecule has 5 aromatic heterocycles. The third kappa shape index (κ3) is 4.50. The first kappa shape index (κ1) is 26.0. The number of hydrogen-bond acceptors (Lipinski definition) is 11. The zero-order chi connectivity index (χ0) is 28.2. The Morgan fingerprint density at radius 2 is 2.02 bits per heavy atom. The molecular weight excluding hydrogens is 552 g/mol. The number of anilines is 1. The lowest BCUT2D eigenvalue weighted by atomic mass is 9.88. The van der Waals surface area contributed by atoms with Gasteiger partial charge in [0.25, 0.3) is 5.91 Å². The van der Waals surface area contributed by atoms with Gasteiger partial charge in [0.2, 0.25) is 0 Å². The Kier molecular flexibility index (Phi) is 6.34. The van der Waals surface area contributed by atoms with Gasteiger partial charge in [0.05, 0.1) is 23.8 Å². The number of piperidine rings is 1. The number of carbonyl (C=O) groups excluding carboxylic acids is 1. The van der Waals surface area contributed by atoms with E-state index in [-0.39, 0.29) is 34.3 Å². The molecule has 0 aliphatic carbocycles. The van der Waals surface area contributed by atoms with E-state index in [4.69, 9.17) is 10.7 Å². The van der Waals surface area contributed by atoms with E-state index in [1.165, 1.54) is 22.0 Å². The van der Waals surface area contributed by atoms with Gasteiger partial charge in [0.15, 0.2) is 21.2 Å². The molecule has 5 aromatic rings. The molecule has 1 aliphatic heterocycles. The summed E-state index contributed by atoms with van der Waals surface area (Å²) in [6, 6.07) is 3.61. The fourth-order valence-corrected chi connectivity index (χ4v) is 7.04. The first-order valence-corrected chi connectivity index (χ1v) is 15.3.